The fraction of sp³-hybridized carbons (Fsp3) is 0.0385. The van der Waals surface area contributed by atoms with Gasteiger partial charge in [0, 0.05) is 66.6 Å². The number of fused-ring (bicyclic) bond motifs is 18. The van der Waals surface area contributed by atoms with Crippen LogP contribution >= 0.6 is 0 Å². The minimum absolute atomic E-state index is 0.795. The van der Waals surface area contributed by atoms with Gasteiger partial charge in [0.1, 0.15) is 11.5 Å². The lowest BCUT2D eigenvalue weighted by atomic mass is 9.83. The van der Waals surface area contributed by atoms with Crippen LogP contribution in [0.3, 0.4) is 0 Å². The standard InChI is InChI=1S/C52H32N2O2/c1-55-51-39-25-19-31-17-15-29-9-3-5-13-35(29)41(31)43(39)45-37(23-21-33-11-7-27-53-49(33)45)47(51)48-38-24-22-34-12-8-28-54-50(34)46(38)44-40(52(48)56-2)26-20-32-18-16-30-10-4-6-14-36(30)42(32)44/h3-28H,1-2H3. The molecule has 0 bridgehead atoms. The molecule has 0 aliphatic carbocycles. The summed E-state index contributed by atoms with van der Waals surface area (Å²) >= 11 is 0. The molecule has 0 radical (unpaired) electrons. The largest absolute Gasteiger partial charge is 0.495 e. The van der Waals surface area contributed by atoms with Crippen molar-refractivity contribution >= 4 is 108 Å². The number of hydrogen-bond donors (Lipinski definition) is 0. The maximum atomic E-state index is 6.68. The Morgan fingerprint density at radius 2 is 0.679 bits per heavy atom. The van der Waals surface area contributed by atoms with Crippen molar-refractivity contribution in [3.8, 4) is 22.6 Å². The maximum Gasteiger partial charge on any atom is 0.135 e. The third-order valence-electron chi connectivity index (χ3n) is 12.0. The van der Waals surface area contributed by atoms with Crippen LogP contribution < -0.4 is 9.47 Å². The highest BCUT2D eigenvalue weighted by molar-refractivity contribution is 6.39. The molecule has 0 fully saturated rings. The van der Waals surface area contributed by atoms with E-state index in [1.807, 2.05) is 24.5 Å². The molecule has 12 aromatic rings. The van der Waals surface area contributed by atoms with Crippen molar-refractivity contribution < 1.29 is 9.47 Å². The van der Waals surface area contributed by atoms with Crippen molar-refractivity contribution in [2.45, 2.75) is 0 Å². The topological polar surface area (TPSA) is 44.2 Å². The summed E-state index contributed by atoms with van der Waals surface area (Å²) in [7, 11) is 3.59. The molecule has 0 unspecified atom stereocenters. The molecule has 0 aliphatic heterocycles. The Kier molecular flexibility index (Phi) is 6.44. The molecule has 0 saturated heterocycles. The molecule has 4 nitrogen and oxygen atoms in total. The summed E-state index contributed by atoms with van der Waals surface area (Å²) in [5.74, 6) is 1.59. The van der Waals surface area contributed by atoms with E-state index >= 15 is 0 Å². The third-order valence-corrected chi connectivity index (χ3v) is 12.0. The summed E-state index contributed by atoms with van der Waals surface area (Å²) in [6.45, 7) is 0. The molecule has 2 heterocycles. The van der Waals surface area contributed by atoms with Gasteiger partial charge in [-0.15, -0.1) is 0 Å². The predicted octanol–water partition coefficient (Wildman–Crippen LogP) is 13.7. The molecule has 12 rings (SSSR count). The van der Waals surface area contributed by atoms with E-state index in [9.17, 15) is 0 Å². The lowest BCUT2D eigenvalue weighted by Crippen LogP contribution is -1.99. The molecular weight excluding hydrogens is 685 g/mol. The van der Waals surface area contributed by atoms with Gasteiger partial charge in [-0.05, 0) is 78.1 Å². The van der Waals surface area contributed by atoms with Crippen LogP contribution in [0.15, 0.2) is 158 Å². The van der Waals surface area contributed by atoms with Crippen LogP contribution in [0.25, 0.3) is 119 Å². The maximum absolute atomic E-state index is 6.68. The van der Waals surface area contributed by atoms with E-state index in [1.165, 1.54) is 43.1 Å². The van der Waals surface area contributed by atoms with Crippen LogP contribution in [0, 0.1) is 0 Å². The lowest BCUT2D eigenvalue weighted by molar-refractivity contribution is 0.416. The van der Waals surface area contributed by atoms with Crippen LogP contribution in [0.5, 0.6) is 11.5 Å². The molecule has 0 spiro atoms. The van der Waals surface area contributed by atoms with E-state index in [1.54, 1.807) is 14.2 Å². The van der Waals surface area contributed by atoms with Gasteiger partial charge in [-0.3, -0.25) is 9.97 Å². The Balaban J connectivity index is 1.39. The average Bonchev–Trinajstić information content (AvgIpc) is 3.26. The summed E-state index contributed by atoms with van der Waals surface area (Å²) in [4.78, 5) is 10.2. The second-order valence-corrected chi connectivity index (χ2v) is 14.7. The van der Waals surface area contributed by atoms with Gasteiger partial charge in [-0.1, -0.05) is 121 Å². The molecule has 10 aromatic carbocycles. The second kappa shape index (κ2) is 11.6. The van der Waals surface area contributed by atoms with Crippen LogP contribution in [-0.2, 0) is 0 Å². The summed E-state index contributed by atoms with van der Waals surface area (Å²) in [6, 6.07) is 52.3. The first kappa shape index (κ1) is 31.1. The van der Waals surface area contributed by atoms with Gasteiger partial charge in [0.05, 0.1) is 25.3 Å². The molecule has 4 heteroatoms. The monoisotopic (exact) mass is 716 g/mol. The van der Waals surface area contributed by atoms with E-state index in [0.717, 1.165) is 87.5 Å². The van der Waals surface area contributed by atoms with Gasteiger partial charge in [0.25, 0.3) is 0 Å². The van der Waals surface area contributed by atoms with Gasteiger partial charge in [-0.2, -0.15) is 0 Å². The number of pyridine rings is 2. The summed E-state index contributed by atoms with van der Waals surface area (Å²) in [6.07, 6.45) is 3.81. The Morgan fingerprint density at radius 3 is 1.14 bits per heavy atom. The molecule has 0 saturated carbocycles. The van der Waals surface area contributed by atoms with Gasteiger partial charge < -0.3 is 9.47 Å². The van der Waals surface area contributed by atoms with Gasteiger partial charge in [-0.25, -0.2) is 0 Å². The zero-order chi connectivity index (χ0) is 37.1. The van der Waals surface area contributed by atoms with E-state index < -0.39 is 0 Å². The SMILES string of the molecule is COc1c(-c2c(OC)c3ccc4ccc5ccccc5c4c3c3c2ccc2cccnc23)c2ccc3cccnc3c2c2c1ccc1ccc3ccccc3c12. The molecule has 0 aliphatic rings. The highest BCUT2D eigenvalue weighted by atomic mass is 16.5. The third kappa shape index (κ3) is 4.08. The quantitative estimate of drug-likeness (QED) is 0.171. The smallest absolute Gasteiger partial charge is 0.135 e. The first-order chi connectivity index (χ1) is 27.7. The molecule has 0 N–H and O–H groups in total. The zero-order valence-electron chi connectivity index (χ0n) is 30.7. The number of hydrogen-bond acceptors (Lipinski definition) is 4. The van der Waals surface area contributed by atoms with Crippen LogP contribution in [0.1, 0.15) is 0 Å². The van der Waals surface area contributed by atoms with E-state index in [0.29, 0.717) is 0 Å². The minimum atomic E-state index is 0.795. The number of benzene rings is 10. The lowest BCUT2D eigenvalue weighted by Gasteiger charge is -2.24. The normalized spacial score (nSPS) is 12.1. The molecule has 0 amide bonds. The minimum Gasteiger partial charge on any atom is -0.495 e. The summed E-state index contributed by atoms with van der Waals surface area (Å²) in [5.41, 5.74) is 3.85. The van der Waals surface area contributed by atoms with Gasteiger partial charge in [0.2, 0.25) is 0 Å². The summed E-state index contributed by atoms with van der Waals surface area (Å²) in [5, 5.41) is 20.3. The molecule has 56 heavy (non-hydrogen) atoms. The van der Waals surface area contributed by atoms with Crippen LogP contribution in [0.4, 0.5) is 0 Å². The Hall–Kier alpha value is -7.30. The molecular formula is C52H32N2O2. The highest BCUT2D eigenvalue weighted by Crippen LogP contribution is 2.55. The van der Waals surface area contributed by atoms with E-state index in [2.05, 4.69) is 133 Å². The molecule has 262 valence electrons. The molecule has 0 atom stereocenters. The fourth-order valence-electron chi connectivity index (χ4n) is 9.74. The number of aromatic nitrogens is 2. The fourth-order valence-corrected chi connectivity index (χ4v) is 9.74. The highest BCUT2D eigenvalue weighted by Gasteiger charge is 2.28. The van der Waals surface area contributed by atoms with Crippen molar-refractivity contribution in [3.05, 3.63) is 158 Å². The molecule has 2 aromatic heterocycles. The average molecular weight is 717 g/mol. The first-order valence-electron chi connectivity index (χ1n) is 19.0. The van der Waals surface area contributed by atoms with Gasteiger partial charge in [0.15, 0.2) is 0 Å². The number of ether oxygens (including phenoxy) is 2. The van der Waals surface area contributed by atoms with Crippen molar-refractivity contribution in [1.82, 2.24) is 9.97 Å². The van der Waals surface area contributed by atoms with E-state index in [4.69, 9.17) is 19.4 Å². The Morgan fingerprint density at radius 1 is 0.304 bits per heavy atom. The summed E-state index contributed by atoms with van der Waals surface area (Å²) < 4.78 is 13.4. The Bertz CT molecular complexity index is 3440. The number of methoxy groups -OCH3 is 2. The van der Waals surface area contributed by atoms with Crippen molar-refractivity contribution in [2.24, 2.45) is 0 Å². The van der Waals surface area contributed by atoms with Gasteiger partial charge >= 0.3 is 0 Å². The van der Waals surface area contributed by atoms with Crippen LogP contribution in [-0.4, -0.2) is 24.2 Å². The van der Waals surface area contributed by atoms with Crippen molar-refractivity contribution in [1.29, 1.82) is 0 Å². The van der Waals surface area contributed by atoms with Crippen LogP contribution in [0.2, 0.25) is 0 Å². The number of nitrogens with zero attached hydrogens (tertiary/aromatic N) is 2. The zero-order valence-corrected chi connectivity index (χ0v) is 30.7. The second-order valence-electron chi connectivity index (χ2n) is 14.7. The Labute approximate surface area is 321 Å². The van der Waals surface area contributed by atoms with Crippen molar-refractivity contribution in [2.75, 3.05) is 14.2 Å². The van der Waals surface area contributed by atoms with Crippen molar-refractivity contribution in [3.63, 3.8) is 0 Å². The number of rotatable bonds is 3. The predicted molar refractivity (Wildman–Crippen MR) is 236 cm³/mol. The first-order valence-corrected chi connectivity index (χ1v) is 19.0. The van der Waals surface area contributed by atoms with E-state index in [-0.39, 0.29) is 0 Å².